The van der Waals surface area contributed by atoms with Crippen LogP contribution < -0.4 is 0 Å². The second kappa shape index (κ2) is 5.92. The molecule has 0 saturated heterocycles. The van der Waals surface area contributed by atoms with Gasteiger partial charge in [0.2, 0.25) is 0 Å². The molecule has 0 saturated carbocycles. The van der Waals surface area contributed by atoms with Gasteiger partial charge in [-0.05, 0) is 36.7 Å². The van der Waals surface area contributed by atoms with E-state index in [1.165, 1.54) is 5.56 Å². The van der Waals surface area contributed by atoms with Gasteiger partial charge in [-0.2, -0.15) is 0 Å². The van der Waals surface area contributed by atoms with Crippen LogP contribution in [0.3, 0.4) is 0 Å². The molecule has 0 spiro atoms. The maximum Gasteiger partial charge on any atom is 0.0412 e. The summed E-state index contributed by atoms with van der Waals surface area (Å²) in [6.07, 6.45) is 4.19. The van der Waals surface area contributed by atoms with Crippen molar-refractivity contribution in [3.8, 4) is 0 Å². The van der Waals surface area contributed by atoms with E-state index < -0.39 is 0 Å². The summed E-state index contributed by atoms with van der Waals surface area (Å²) < 4.78 is 0. The lowest BCUT2D eigenvalue weighted by molar-refractivity contribution is 0.643. The first-order valence-electron chi connectivity index (χ1n) is 5.78. The summed E-state index contributed by atoms with van der Waals surface area (Å²) in [5, 5.41) is 0.744. The van der Waals surface area contributed by atoms with Crippen molar-refractivity contribution in [1.29, 1.82) is 0 Å². The summed E-state index contributed by atoms with van der Waals surface area (Å²) in [5.74, 6) is 0.533. The number of hydrogen-bond donors (Lipinski definition) is 0. The van der Waals surface area contributed by atoms with Crippen LogP contribution in [0, 0.1) is 12.8 Å². The molecule has 0 unspecified atom stereocenters. The minimum atomic E-state index is 0.533. The van der Waals surface area contributed by atoms with E-state index in [9.17, 15) is 0 Å². The lowest BCUT2D eigenvalue weighted by Crippen LogP contribution is -2.09. The van der Waals surface area contributed by atoms with Crippen molar-refractivity contribution < 1.29 is 0 Å². The summed E-state index contributed by atoms with van der Waals surface area (Å²) in [6, 6.07) is 5.87. The number of nitrogens with zero attached hydrogens (tertiary/aromatic N) is 1. The molecule has 17 heavy (non-hydrogen) atoms. The Morgan fingerprint density at radius 2 is 2.06 bits per heavy atom. The lowest BCUT2D eigenvalue weighted by Gasteiger charge is -2.19. The molecule has 0 aliphatic rings. The zero-order valence-corrected chi connectivity index (χ0v) is 11.8. The van der Waals surface area contributed by atoms with Gasteiger partial charge in [0.25, 0.3) is 0 Å². The van der Waals surface area contributed by atoms with Gasteiger partial charge in [-0.15, -0.1) is 0 Å². The predicted molar refractivity (Wildman–Crippen MR) is 77.0 cm³/mol. The third kappa shape index (κ3) is 3.94. The Labute approximate surface area is 109 Å². The van der Waals surface area contributed by atoms with Crippen molar-refractivity contribution >= 4 is 17.3 Å². The van der Waals surface area contributed by atoms with E-state index in [1.54, 1.807) is 0 Å². The third-order valence-corrected chi connectivity index (χ3v) is 2.87. The fraction of sp³-hybridized carbons (Fsp3) is 0.333. The van der Waals surface area contributed by atoms with Crippen molar-refractivity contribution in [3.05, 3.63) is 53.2 Å². The van der Waals surface area contributed by atoms with Crippen LogP contribution in [-0.4, -0.2) is 11.9 Å². The molecule has 1 nitrogen and oxygen atoms in total. The van der Waals surface area contributed by atoms with E-state index in [-0.39, 0.29) is 0 Å². The van der Waals surface area contributed by atoms with Crippen LogP contribution in [0.15, 0.2) is 37.1 Å². The fourth-order valence-corrected chi connectivity index (χ4v) is 1.66. The molecule has 2 heteroatoms. The van der Waals surface area contributed by atoms with E-state index in [1.807, 2.05) is 36.3 Å². The van der Waals surface area contributed by atoms with Crippen molar-refractivity contribution in [2.75, 3.05) is 7.05 Å². The van der Waals surface area contributed by atoms with Crippen LogP contribution in [0.25, 0.3) is 5.70 Å². The van der Waals surface area contributed by atoms with Gasteiger partial charge in [-0.25, -0.2) is 0 Å². The quantitative estimate of drug-likeness (QED) is 0.746. The van der Waals surface area contributed by atoms with Gasteiger partial charge in [0.05, 0.1) is 0 Å². The van der Waals surface area contributed by atoms with Crippen LogP contribution in [0.5, 0.6) is 0 Å². The van der Waals surface area contributed by atoms with Crippen LogP contribution in [0.1, 0.15) is 25.0 Å². The Bertz CT molecular complexity index is 433. The van der Waals surface area contributed by atoms with Crippen molar-refractivity contribution in [2.45, 2.75) is 20.8 Å². The van der Waals surface area contributed by atoms with E-state index in [0.29, 0.717) is 5.92 Å². The van der Waals surface area contributed by atoms with Gasteiger partial charge in [-0.3, -0.25) is 0 Å². The summed E-state index contributed by atoms with van der Waals surface area (Å²) >= 11 is 6.02. The number of halogens is 1. The maximum atomic E-state index is 6.02. The van der Waals surface area contributed by atoms with Gasteiger partial charge in [0, 0.05) is 23.3 Å². The number of benzene rings is 1. The molecule has 0 bridgehead atoms. The Kier molecular flexibility index (Phi) is 4.83. The summed E-state index contributed by atoms with van der Waals surface area (Å²) in [7, 11) is 2.00. The van der Waals surface area contributed by atoms with E-state index in [2.05, 4.69) is 33.4 Å². The minimum Gasteiger partial charge on any atom is -0.351 e. The van der Waals surface area contributed by atoms with E-state index >= 15 is 0 Å². The van der Waals surface area contributed by atoms with Crippen molar-refractivity contribution in [2.24, 2.45) is 5.92 Å². The third-order valence-electron chi connectivity index (χ3n) is 2.63. The SMILES string of the molecule is C=C(c1cc(Cl)ccc1C)N(C)C=CC(C)C. The highest BCUT2D eigenvalue weighted by atomic mass is 35.5. The molecule has 92 valence electrons. The highest BCUT2D eigenvalue weighted by Gasteiger charge is 2.06. The molecule has 0 aromatic heterocycles. The van der Waals surface area contributed by atoms with Gasteiger partial charge in [0.1, 0.15) is 0 Å². The average molecular weight is 250 g/mol. The molecular weight excluding hydrogens is 230 g/mol. The van der Waals surface area contributed by atoms with Crippen LogP contribution in [-0.2, 0) is 0 Å². The standard InChI is InChI=1S/C15H20ClN/c1-11(2)8-9-17(5)13(4)15-10-14(16)7-6-12(15)3/h6-11H,4H2,1-3,5H3. The number of aryl methyl sites for hydroxylation is 1. The normalized spacial score (nSPS) is 11.2. The molecule has 0 radical (unpaired) electrons. The first-order valence-corrected chi connectivity index (χ1v) is 6.16. The summed E-state index contributed by atoms with van der Waals surface area (Å²) in [5.41, 5.74) is 3.24. The highest BCUT2D eigenvalue weighted by Crippen LogP contribution is 2.23. The molecule has 0 N–H and O–H groups in total. The number of allylic oxidation sites excluding steroid dienone is 1. The van der Waals surface area contributed by atoms with Gasteiger partial charge in [0.15, 0.2) is 0 Å². The van der Waals surface area contributed by atoms with Gasteiger partial charge >= 0.3 is 0 Å². The Balaban J connectivity index is 2.92. The molecule has 0 amide bonds. The smallest absolute Gasteiger partial charge is 0.0412 e. The van der Waals surface area contributed by atoms with Crippen molar-refractivity contribution in [1.82, 2.24) is 4.90 Å². The van der Waals surface area contributed by atoms with Crippen LogP contribution >= 0.6 is 11.6 Å². The molecule has 1 aromatic carbocycles. The maximum absolute atomic E-state index is 6.02. The van der Waals surface area contributed by atoms with Crippen LogP contribution in [0.4, 0.5) is 0 Å². The molecule has 0 atom stereocenters. The summed E-state index contributed by atoms with van der Waals surface area (Å²) in [4.78, 5) is 2.03. The molecule has 0 fully saturated rings. The predicted octanol–water partition coefficient (Wildman–Crippen LogP) is 4.72. The lowest BCUT2D eigenvalue weighted by atomic mass is 10.1. The number of hydrogen-bond acceptors (Lipinski definition) is 1. The molecule has 1 aromatic rings. The first-order chi connectivity index (χ1) is 7.91. The monoisotopic (exact) mass is 249 g/mol. The summed E-state index contributed by atoms with van der Waals surface area (Å²) in [6.45, 7) is 10.5. The molecule has 0 aliphatic carbocycles. The highest BCUT2D eigenvalue weighted by molar-refractivity contribution is 6.30. The zero-order valence-electron chi connectivity index (χ0n) is 11.0. The number of rotatable bonds is 4. The molecule has 1 rings (SSSR count). The largest absolute Gasteiger partial charge is 0.351 e. The van der Waals surface area contributed by atoms with E-state index in [0.717, 1.165) is 16.3 Å². The fourth-order valence-electron chi connectivity index (χ4n) is 1.49. The van der Waals surface area contributed by atoms with Crippen molar-refractivity contribution in [3.63, 3.8) is 0 Å². The Morgan fingerprint density at radius 3 is 2.65 bits per heavy atom. The second-order valence-corrected chi connectivity index (χ2v) is 5.04. The van der Waals surface area contributed by atoms with Gasteiger partial charge in [-0.1, -0.05) is 44.2 Å². The van der Waals surface area contributed by atoms with Gasteiger partial charge < -0.3 is 4.90 Å². The zero-order chi connectivity index (χ0) is 13.0. The minimum absolute atomic E-state index is 0.533. The molecular formula is C15H20ClN. The van der Waals surface area contributed by atoms with Crippen LogP contribution in [0.2, 0.25) is 5.02 Å². The second-order valence-electron chi connectivity index (χ2n) is 4.60. The van der Waals surface area contributed by atoms with E-state index in [4.69, 9.17) is 11.6 Å². The Hall–Kier alpha value is -1.21. The Morgan fingerprint density at radius 1 is 1.41 bits per heavy atom. The molecule has 0 aliphatic heterocycles. The topological polar surface area (TPSA) is 3.24 Å². The average Bonchev–Trinajstić information content (AvgIpc) is 2.28. The first kappa shape index (κ1) is 13.9. The molecule has 0 heterocycles.